The highest BCUT2D eigenvalue weighted by Crippen LogP contribution is 2.32. The largest absolute Gasteiger partial charge is 0.478 e. The van der Waals surface area contributed by atoms with Gasteiger partial charge in [0.1, 0.15) is 11.0 Å². The molecule has 2 aromatic carbocycles. The highest BCUT2D eigenvalue weighted by molar-refractivity contribution is 6.32. The Bertz CT molecular complexity index is 1520. The summed E-state index contributed by atoms with van der Waals surface area (Å²) in [4.78, 5) is 28.9. The Morgan fingerprint density at radius 1 is 1.19 bits per heavy atom. The predicted octanol–water partition coefficient (Wildman–Crippen LogP) is 4.84. The van der Waals surface area contributed by atoms with Crippen molar-refractivity contribution in [3.8, 4) is 5.69 Å². The lowest BCUT2D eigenvalue weighted by Crippen LogP contribution is -2.21. The van der Waals surface area contributed by atoms with E-state index in [1.165, 1.54) is 18.2 Å². The molecule has 0 fully saturated rings. The lowest BCUT2D eigenvalue weighted by molar-refractivity contribution is 0.0697. The lowest BCUT2D eigenvalue weighted by Gasteiger charge is -2.06. The van der Waals surface area contributed by atoms with Crippen LogP contribution in [0.4, 0.5) is 0 Å². The molecule has 160 valence electrons. The van der Waals surface area contributed by atoms with Crippen molar-refractivity contribution in [1.82, 2.24) is 19.3 Å². The van der Waals surface area contributed by atoms with E-state index < -0.39 is 5.97 Å². The van der Waals surface area contributed by atoms with Gasteiger partial charge in [-0.15, -0.1) is 0 Å². The third kappa shape index (κ3) is 3.30. The maximum atomic E-state index is 12.9. The fraction of sp³-hybridized carbons (Fsp3) is 0.130. The summed E-state index contributed by atoms with van der Waals surface area (Å²) in [6, 6.07) is 11.6. The Kier molecular flexibility index (Phi) is 4.87. The van der Waals surface area contributed by atoms with E-state index in [1.54, 1.807) is 21.4 Å². The van der Waals surface area contributed by atoms with E-state index in [0.29, 0.717) is 39.9 Å². The molecule has 3 heterocycles. The van der Waals surface area contributed by atoms with E-state index in [0.717, 1.165) is 22.5 Å². The van der Waals surface area contributed by atoms with Gasteiger partial charge in [-0.05, 0) is 61.4 Å². The SMILES string of the molecule is Cc1nn(-c2cccc(Cl)c2)c(Cl)c1C=C1CCn2c1nc1cc(C(=O)O)ccc1c2=O. The summed E-state index contributed by atoms with van der Waals surface area (Å²) >= 11 is 12.8. The van der Waals surface area contributed by atoms with Gasteiger partial charge in [-0.3, -0.25) is 9.36 Å². The number of carbonyl (C=O) groups is 1. The van der Waals surface area contributed by atoms with Gasteiger partial charge in [-0.1, -0.05) is 29.3 Å². The van der Waals surface area contributed by atoms with Gasteiger partial charge in [-0.2, -0.15) is 5.10 Å². The molecule has 0 aliphatic carbocycles. The minimum absolute atomic E-state index is 0.0829. The van der Waals surface area contributed by atoms with Gasteiger partial charge >= 0.3 is 5.97 Å². The topological polar surface area (TPSA) is 90.0 Å². The van der Waals surface area contributed by atoms with Crippen LogP contribution in [0, 0.1) is 6.92 Å². The summed E-state index contributed by atoms with van der Waals surface area (Å²) in [5.41, 5.74) is 3.26. The summed E-state index contributed by atoms with van der Waals surface area (Å²) < 4.78 is 3.23. The summed E-state index contributed by atoms with van der Waals surface area (Å²) in [6.45, 7) is 2.34. The van der Waals surface area contributed by atoms with Gasteiger partial charge in [0.25, 0.3) is 5.56 Å². The first kappa shape index (κ1) is 20.5. The molecule has 4 aromatic rings. The zero-order valence-corrected chi connectivity index (χ0v) is 18.4. The maximum Gasteiger partial charge on any atom is 0.335 e. The van der Waals surface area contributed by atoms with Gasteiger partial charge in [0.15, 0.2) is 0 Å². The second-order valence-corrected chi connectivity index (χ2v) is 8.32. The molecule has 0 spiro atoms. The predicted molar refractivity (Wildman–Crippen MR) is 124 cm³/mol. The van der Waals surface area contributed by atoms with Crippen molar-refractivity contribution < 1.29 is 9.90 Å². The molecule has 5 rings (SSSR count). The molecule has 2 aromatic heterocycles. The number of hydrogen-bond donors (Lipinski definition) is 1. The molecule has 7 nitrogen and oxygen atoms in total. The number of allylic oxidation sites excluding steroid dienone is 1. The van der Waals surface area contributed by atoms with Crippen LogP contribution < -0.4 is 5.56 Å². The first-order valence-electron chi connectivity index (χ1n) is 9.83. The van der Waals surface area contributed by atoms with E-state index in [-0.39, 0.29) is 11.1 Å². The van der Waals surface area contributed by atoms with Crippen LogP contribution in [0.3, 0.4) is 0 Å². The second kappa shape index (κ2) is 7.62. The first-order valence-corrected chi connectivity index (χ1v) is 10.6. The Morgan fingerprint density at radius 2 is 2.00 bits per heavy atom. The van der Waals surface area contributed by atoms with E-state index >= 15 is 0 Å². The normalized spacial score (nSPS) is 14.3. The Hall–Kier alpha value is -3.42. The smallest absolute Gasteiger partial charge is 0.335 e. The molecule has 0 atom stereocenters. The second-order valence-electron chi connectivity index (χ2n) is 7.53. The van der Waals surface area contributed by atoms with Crippen LogP contribution in [0.15, 0.2) is 47.3 Å². The maximum absolute atomic E-state index is 12.9. The number of carboxylic acid groups (broad SMARTS) is 1. The van der Waals surface area contributed by atoms with Crippen LogP contribution in [0.25, 0.3) is 28.2 Å². The van der Waals surface area contributed by atoms with Crippen LogP contribution in [0.5, 0.6) is 0 Å². The van der Waals surface area contributed by atoms with Crippen molar-refractivity contribution >= 4 is 51.7 Å². The molecule has 1 aliphatic rings. The van der Waals surface area contributed by atoms with E-state index in [2.05, 4.69) is 10.1 Å². The van der Waals surface area contributed by atoms with Crippen LogP contribution >= 0.6 is 23.2 Å². The molecule has 32 heavy (non-hydrogen) atoms. The third-order valence-electron chi connectivity index (χ3n) is 5.51. The average Bonchev–Trinajstić information content (AvgIpc) is 3.29. The summed E-state index contributed by atoms with van der Waals surface area (Å²) in [5, 5.41) is 15.2. The van der Waals surface area contributed by atoms with Crippen LogP contribution in [-0.4, -0.2) is 30.4 Å². The van der Waals surface area contributed by atoms with Gasteiger partial charge in [-0.25, -0.2) is 14.5 Å². The minimum atomic E-state index is -1.07. The monoisotopic (exact) mass is 466 g/mol. The number of hydrogen-bond acceptors (Lipinski definition) is 4. The van der Waals surface area contributed by atoms with E-state index in [9.17, 15) is 14.7 Å². The van der Waals surface area contributed by atoms with Crippen molar-refractivity contribution in [2.24, 2.45) is 0 Å². The van der Waals surface area contributed by atoms with Crippen molar-refractivity contribution in [2.45, 2.75) is 19.9 Å². The fourth-order valence-electron chi connectivity index (χ4n) is 3.92. The fourth-order valence-corrected chi connectivity index (χ4v) is 4.43. The van der Waals surface area contributed by atoms with Gasteiger partial charge in [0, 0.05) is 17.1 Å². The number of aromatic nitrogens is 4. The minimum Gasteiger partial charge on any atom is -0.478 e. The zero-order valence-electron chi connectivity index (χ0n) is 16.8. The molecule has 9 heteroatoms. The number of fused-ring (bicyclic) bond motifs is 2. The quantitative estimate of drug-likeness (QED) is 0.466. The Morgan fingerprint density at radius 3 is 2.75 bits per heavy atom. The molecule has 0 unspecified atom stereocenters. The summed E-state index contributed by atoms with van der Waals surface area (Å²) in [7, 11) is 0. The van der Waals surface area contributed by atoms with Crippen LogP contribution in [0.2, 0.25) is 10.2 Å². The van der Waals surface area contributed by atoms with E-state index in [1.807, 2.05) is 25.1 Å². The molecule has 0 bridgehead atoms. The van der Waals surface area contributed by atoms with Gasteiger partial charge in [0.2, 0.25) is 0 Å². The van der Waals surface area contributed by atoms with E-state index in [4.69, 9.17) is 23.2 Å². The number of halogens is 2. The molecule has 1 aliphatic heterocycles. The number of nitrogens with zero attached hydrogens (tertiary/aromatic N) is 4. The number of aryl methyl sites for hydroxylation is 1. The number of aromatic carboxylic acids is 1. The number of carboxylic acids is 1. The van der Waals surface area contributed by atoms with Crippen molar-refractivity contribution in [2.75, 3.05) is 0 Å². The number of benzene rings is 2. The third-order valence-corrected chi connectivity index (χ3v) is 6.11. The zero-order chi connectivity index (χ0) is 22.6. The lowest BCUT2D eigenvalue weighted by atomic mass is 10.1. The van der Waals surface area contributed by atoms with Gasteiger partial charge in [0.05, 0.1) is 27.8 Å². The summed E-state index contributed by atoms with van der Waals surface area (Å²) in [5.74, 6) is -0.558. The average molecular weight is 467 g/mol. The Labute approximate surface area is 192 Å². The Balaban J connectivity index is 1.64. The molecular weight excluding hydrogens is 451 g/mol. The van der Waals surface area contributed by atoms with Crippen molar-refractivity contribution in [3.63, 3.8) is 0 Å². The standard InChI is InChI=1S/C23H16Cl2N4O3/c1-12-18(20(25)29(27-12)16-4-2-3-15(24)11-16)9-13-7-8-28-21(13)26-19-10-14(23(31)32)5-6-17(19)22(28)30/h2-6,9-11H,7-8H2,1H3,(H,31,32). The molecule has 0 radical (unpaired) electrons. The first-order chi connectivity index (χ1) is 15.3. The van der Waals surface area contributed by atoms with Gasteiger partial charge < -0.3 is 5.11 Å². The van der Waals surface area contributed by atoms with Crippen LogP contribution in [0.1, 0.15) is 33.9 Å². The highest BCUT2D eigenvalue weighted by atomic mass is 35.5. The van der Waals surface area contributed by atoms with Crippen molar-refractivity contribution in [1.29, 1.82) is 0 Å². The number of rotatable bonds is 3. The van der Waals surface area contributed by atoms with Crippen LogP contribution in [-0.2, 0) is 6.54 Å². The summed E-state index contributed by atoms with van der Waals surface area (Å²) in [6.07, 6.45) is 2.49. The molecule has 1 N–H and O–H groups in total. The highest BCUT2D eigenvalue weighted by Gasteiger charge is 2.23. The van der Waals surface area contributed by atoms with Crippen molar-refractivity contribution in [3.05, 3.63) is 85.6 Å². The molecule has 0 saturated heterocycles. The molecule has 0 amide bonds. The molecular formula is C23H16Cl2N4O3. The molecule has 0 saturated carbocycles.